The average Bonchev–Trinajstić information content (AvgIpc) is 3.63. The molecule has 4 saturated carbocycles. The molecule has 0 saturated heterocycles. The number of hydrogen-bond donors (Lipinski definition) is 0. The van der Waals surface area contributed by atoms with Crippen LogP contribution in [0.2, 0.25) is 0 Å². The lowest BCUT2D eigenvalue weighted by molar-refractivity contribution is 0.357. The monoisotopic (exact) mass is 948 g/mol. The molecule has 1 spiro atoms. The van der Waals surface area contributed by atoms with E-state index in [-0.39, 0.29) is 5.41 Å². The van der Waals surface area contributed by atoms with Crippen molar-refractivity contribution in [3.63, 3.8) is 0 Å². The van der Waals surface area contributed by atoms with Crippen molar-refractivity contribution in [1.82, 2.24) is 0 Å². The third-order valence-corrected chi connectivity index (χ3v) is 20.4. The van der Waals surface area contributed by atoms with E-state index in [1.165, 1.54) is 185 Å². The lowest BCUT2D eigenvalue weighted by atomic mass is 9.69. The largest absolute Gasteiger partial charge is 0.309 e. The van der Waals surface area contributed by atoms with Crippen LogP contribution in [0.15, 0.2) is 176 Å². The Hall–Kier alpha value is -6.44. The van der Waals surface area contributed by atoms with E-state index in [1.807, 2.05) is 0 Å². The van der Waals surface area contributed by atoms with E-state index in [1.54, 1.807) is 11.1 Å². The number of para-hydroxylation sites is 1. The molecular formula is C72H69N. The molecule has 8 aromatic rings. The second kappa shape index (κ2) is 17.1. The first kappa shape index (κ1) is 44.1. The number of benzene rings is 8. The smallest absolute Gasteiger partial charge is 0.0726 e. The van der Waals surface area contributed by atoms with Crippen molar-refractivity contribution in [3.8, 4) is 44.5 Å². The minimum atomic E-state index is -0.452. The maximum absolute atomic E-state index is 2.78. The number of fused-ring (bicyclic) bond motifs is 19. The molecule has 0 heterocycles. The predicted octanol–water partition coefficient (Wildman–Crippen LogP) is 19.6. The Bertz CT molecular complexity index is 3350. The predicted molar refractivity (Wildman–Crippen MR) is 305 cm³/mol. The van der Waals surface area contributed by atoms with Gasteiger partial charge in [0.15, 0.2) is 0 Å². The third kappa shape index (κ3) is 6.79. The van der Waals surface area contributed by atoms with E-state index in [0.717, 1.165) is 23.7 Å². The SMILES string of the molecule is CC1(C)c2ccccc2-c2ccc(N(c3ccccc3-c3ccccc3)c3cccc4c3-c3ccccc3C43c4cc(C5CC6CCCC(CC6)C5)ccc4-c4ccc(C5CC6CCCC(CC6)C5)cc43)cc21. The lowest BCUT2D eigenvalue weighted by Crippen LogP contribution is -2.27. The van der Waals surface area contributed by atoms with Crippen LogP contribution in [0.5, 0.6) is 0 Å². The van der Waals surface area contributed by atoms with E-state index in [2.05, 4.69) is 195 Å². The normalized spacial score (nSPS) is 25.6. The number of anilines is 3. The molecule has 0 aliphatic heterocycles. The third-order valence-electron chi connectivity index (χ3n) is 20.4. The van der Waals surface area contributed by atoms with Crippen molar-refractivity contribution in [1.29, 1.82) is 0 Å². The fourth-order valence-electron chi connectivity index (χ4n) is 16.9. The fraction of sp³-hybridized carbons (Fsp3) is 0.333. The van der Waals surface area contributed by atoms with Gasteiger partial charge in [0.25, 0.3) is 0 Å². The molecule has 8 aromatic carbocycles. The summed E-state index contributed by atoms with van der Waals surface area (Å²) in [6.07, 6.45) is 19.6. The van der Waals surface area contributed by atoms with Crippen LogP contribution in [-0.2, 0) is 10.8 Å². The second-order valence-corrected chi connectivity index (χ2v) is 24.5. The van der Waals surface area contributed by atoms with E-state index >= 15 is 0 Å². The van der Waals surface area contributed by atoms with Gasteiger partial charge in [-0.05, 0) is 163 Å². The Morgan fingerprint density at radius 3 is 1.47 bits per heavy atom. The average molecular weight is 948 g/mol. The van der Waals surface area contributed by atoms with Crippen molar-refractivity contribution in [3.05, 3.63) is 220 Å². The van der Waals surface area contributed by atoms with Gasteiger partial charge >= 0.3 is 0 Å². The number of hydrogen-bond acceptors (Lipinski definition) is 1. The van der Waals surface area contributed by atoms with Crippen molar-refractivity contribution < 1.29 is 0 Å². The summed E-state index contributed by atoms with van der Waals surface area (Å²) in [4.78, 5) is 2.65. The summed E-state index contributed by atoms with van der Waals surface area (Å²) in [6.45, 7) is 4.84. The highest BCUT2D eigenvalue weighted by Crippen LogP contribution is 2.66. The first-order valence-corrected chi connectivity index (χ1v) is 28.6. The zero-order chi connectivity index (χ0) is 48.4. The molecule has 1 nitrogen and oxygen atoms in total. The Kier molecular flexibility index (Phi) is 10.3. The van der Waals surface area contributed by atoms with Gasteiger partial charge in [0.05, 0.1) is 16.8 Å². The van der Waals surface area contributed by atoms with Crippen LogP contribution in [0.25, 0.3) is 44.5 Å². The van der Waals surface area contributed by atoms with Crippen molar-refractivity contribution in [2.45, 2.75) is 126 Å². The summed E-state index contributed by atoms with van der Waals surface area (Å²) in [7, 11) is 0. The van der Waals surface area contributed by atoms with Gasteiger partial charge in [-0.1, -0.05) is 230 Å². The van der Waals surface area contributed by atoms with Gasteiger partial charge in [-0.25, -0.2) is 0 Å². The molecule has 7 aliphatic carbocycles. The molecule has 0 amide bonds. The standard InChI is InChI=1S/C72H69N/c1-71(2)62-24-9-6-22-57(62)58-38-35-55(45-65(58)71)73(68-27-11-8-21-56(68)50-19-4-3-5-20-50)69-28-14-26-64-70(69)61-23-7-10-25-63(61)72(64)66-43-51(53-39-46-15-12-16-47(40-53)30-29-46)33-36-59(66)60-37-34-52(44-67(60)72)54-41-48-17-13-18-49(42-54)32-31-48/h3-11,14,19-28,33-38,43-49,53-54H,12-13,15-18,29-32,39-42H2,1-2H3. The maximum atomic E-state index is 2.78. The highest BCUT2D eigenvalue weighted by atomic mass is 15.1. The first-order chi connectivity index (χ1) is 35.9. The zero-order valence-electron chi connectivity index (χ0n) is 43.1. The highest BCUT2D eigenvalue weighted by Gasteiger charge is 2.53. The highest BCUT2D eigenvalue weighted by molar-refractivity contribution is 6.03. The number of rotatable bonds is 6. The molecule has 4 bridgehead atoms. The Morgan fingerprint density at radius 1 is 0.356 bits per heavy atom. The molecule has 1 heteroatoms. The molecule has 7 aliphatic rings. The minimum Gasteiger partial charge on any atom is -0.309 e. The van der Waals surface area contributed by atoms with Crippen LogP contribution in [0.4, 0.5) is 17.1 Å². The summed E-state index contributed by atoms with van der Waals surface area (Å²) in [5.41, 5.74) is 25.7. The van der Waals surface area contributed by atoms with E-state index in [4.69, 9.17) is 0 Å². The van der Waals surface area contributed by atoms with Crippen LogP contribution in [0.1, 0.15) is 160 Å². The quantitative estimate of drug-likeness (QED) is 0.161. The van der Waals surface area contributed by atoms with Crippen LogP contribution in [0, 0.1) is 23.7 Å². The molecule has 0 N–H and O–H groups in total. The van der Waals surface area contributed by atoms with Crippen LogP contribution in [-0.4, -0.2) is 0 Å². The summed E-state index contributed by atoms with van der Waals surface area (Å²) >= 11 is 0. The Balaban J connectivity index is 0.984. The van der Waals surface area contributed by atoms with Gasteiger partial charge in [0.1, 0.15) is 0 Å². The van der Waals surface area contributed by atoms with Crippen molar-refractivity contribution in [2.24, 2.45) is 23.7 Å². The summed E-state index contributed by atoms with van der Waals surface area (Å²) in [5, 5.41) is 0. The Morgan fingerprint density at radius 2 is 0.836 bits per heavy atom. The van der Waals surface area contributed by atoms with Gasteiger partial charge in [0.2, 0.25) is 0 Å². The van der Waals surface area contributed by atoms with Gasteiger partial charge in [-0.15, -0.1) is 0 Å². The van der Waals surface area contributed by atoms with E-state index < -0.39 is 5.41 Å². The fourth-order valence-corrected chi connectivity index (χ4v) is 16.9. The van der Waals surface area contributed by atoms with Gasteiger partial charge in [-0.3, -0.25) is 0 Å². The summed E-state index contributed by atoms with van der Waals surface area (Å²) in [6, 6.07) is 69.7. The molecular weight excluding hydrogens is 879 g/mol. The van der Waals surface area contributed by atoms with E-state index in [9.17, 15) is 0 Å². The van der Waals surface area contributed by atoms with Crippen LogP contribution >= 0.6 is 0 Å². The Labute approximate surface area is 434 Å². The summed E-state index contributed by atoms with van der Waals surface area (Å²) < 4.78 is 0. The van der Waals surface area contributed by atoms with E-state index in [0.29, 0.717) is 11.8 Å². The van der Waals surface area contributed by atoms with Gasteiger partial charge in [0, 0.05) is 22.2 Å². The molecule has 4 unspecified atom stereocenters. The van der Waals surface area contributed by atoms with Gasteiger partial charge in [-0.2, -0.15) is 0 Å². The van der Waals surface area contributed by atoms with Crippen LogP contribution < -0.4 is 4.90 Å². The zero-order valence-corrected chi connectivity index (χ0v) is 43.1. The second-order valence-electron chi connectivity index (χ2n) is 24.5. The molecule has 362 valence electrons. The van der Waals surface area contributed by atoms with Crippen LogP contribution in [0.3, 0.4) is 0 Å². The molecule has 0 aromatic heterocycles. The topological polar surface area (TPSA) is 3.24 Å². The molecule has 4 atom stereocenters. The maximum Gasteiger partial charge on any atom is 0.0726 e. The van der Waals surface area contributed by atoms with Crippen molar-refractivity contribution >= 4 is 17.1 Å². The summed E-state index contributed by atoms with van der Waals surface area (Å²) in [5.74, 6) is 4.67. The lowest BCUT2D eigenvalue weighted by Gasteiger charge is -2.34. The minimum absolute atomic E-state index is 0.138. The molecule has 15 rings (SSSR count). The van der Waals surface area contributed by atoms with Crippen molar-refractivity contribution in [2.75, 3.05) is 4.90 Å². The molecule has 0 radical (unpaired) electrons. The molecule has 4 fully saturated rings. The number of nitrogens with zero attached hydrogens (tertiary/aromatic N) is 1. The van der Waals surface area contributed by atoms with Gasteiger partial charge < -0.3 is 4.90 Å². The molecule has 73 heavy (non-hydrogen) atoms. The first-order valence-electron chi connectivity index (χ1n) is 28.6.